The van der Waals surface area contributed by atoms with Crippen molar-refractivity contribution in [3.8, 4) is 11.6 Å². The van der Waals surface area contributed by atoms with Crippen LogP contribution in [0.1, 0.15) is 32.1 Å². The number of cyclic esters (lactones) is 1. The summed E-state index contributed by atoms with van der Waals surface area (Å²) in [5.41, 5.74) is 1.52. The SMILES string of the molecule is Cc1noc(-c2cncn2C2C3=C(CC=CC=C3)C(=O)OC2(C)C)n1. The first-order chi connectivity index (χ1) is 12.0. The molecule has 0 fully saturated rings. The first-order valence-electron chi connectivity index (χ1n) is 8.09. The third-order valence-electron chi connectivity index (χ3n) is 4.44. The molecule has 2 aromatic rings. The van der Waals surface area contributed by atoms with Crippen molar-refractivity contribution in [2.24, 2.45) is 0 Å². The fourth-order valence-corrected chi connectivity index (χ4v) is 3.39. The number of aryl methyl sites for hydroxylation is 1. The van der Waals surface area contributed by atoms with Gasteiger partial charge in [0.25, 0.3) is 5.89 Å². The number of aromatic nitrogens is 4. The summed E-state index contributed by atoms with van der Waals surface area (Å²) < 4.78 is 13.0. The topological polar surface area (TPSA) is 83.0 Å². The molecule has 1 aliphatic heterocycles. The number of carbonyl (C=O) groups excluding carboxylic acids is 1. The van der Waals surface area contributed by atoms with E-state index < -0.39 is 5.60 Å². The van der Waals surface area contributed by atoms with E-state index in [1.807, 2.05) is 42.7 Å². The molecule has 0 aromatic carbocycles. The van der Waals surface area contributed by atoms with Gasteiger partial charge in [-0.1, -0.05) is 29.5 Å². The summed E-state index contributed by atoms with van der Waals surface area (Å²) in [6.07, 6.45) is 11.7. The van der Waals surface area contributed by atoms with Crippen LogP contribution in [0.25, 0.3) is 11.6 Å². The smallest absolute Gasteiger partial charge is 0.335 e. The first kappa shape index (κ1) is 15.6. The van der Waals surface area contributed by atoms with Crippen LogP contribution in [0.3, 0.4) is 0 Å². The van der Waals surface area contributed by atoms with E-state index in [-0.39, 0.29) is 12.0 Å². The summed E-state index contributed by atoms with van der Waals surface area (Å²) in [6, 6.07) is -0.249. The Labute approximate surface area is 144 Å². The minimum atomic E-state index is -0.755. The standard InChI is InChI=1S/C18H18N4O3/c1-11-20-16(25-21-11)14-9-19-10-22(14)15-12-7-5-4-6-8-13(12)17(23)24-18(15,2)3/h4-7,9-10,15H,8H2,1-3H3. The molecule has 1 unspecified atom stereocenters. The van der Waals surface area contributed by atoms with Crippen LogP contribution >= 0.6 is 0 Å². The summed E-state index contributed by atoms with van der Waals surface area (Å²) in [5, 5.41) is 3.86. The van der Waals surface area contributed by atoms with Gasteiger partial charge in [-0.15, -0.1) is 0 Å². The zero-order valence-electron chi connectivity index (χ0n) is 14.3. The van der Waals surface area contributed by atoms with Crippen molar-refractivity contribution in [3.05, 3.63) is 53.8 Å². The molecule has 4 rings (SSSR count). The molecule has 7 heteroatoms. The minimum absolute atomic E-state index is 0.249. The van der Waals surface area contributed by atoms with Crippen molar-refractivity contribution in [2.75, 3.05) is 0 Å². The molecule has 1 aliphatic carbocycles. The summed E-state index contributed by atoms with van der Waals surface area (Å²) >= 11 is 0. The van der Waals surface area contributed by atoms with Crippen molar-refractivity contribution in [3.63, 3.8) is 0 Å². The number of ether oxygens (including phenoxy) is 1. The second-order valence-corrected chi connectivity index (χ2v) is 6.65. The highest BCUT2D eigenvalue weighted by Gasteiger charge is 2.44. The molecule has 3 heterocycles. The Morgan fingerprint density at radius 3 is 2.92 bits per heavy atom. The van der Waals surface area contributed by atoms with Gasteiger partial charge in [0.15, 0.2) is 5.82 Å². The molecule has 0 spiro atoms. The second-order valence-electron chi connectivity index (χ2n) is 6.65. The number of carbonyl (C=O) groups is 1. The summed E-state index contributed by atoms with van der Waals surface area (Å²) in [5.74, 6) is 0.666. The van der Waals surface area contributed by atoms with Gasteiger partial charge in [-0.25, -0.2) is 9.78 Å². The van der Waals surface area contributed by atoms with Gasteiger partial charge in [-0.05, 0) is 32.8 Å². The predicted molar refractivity (Wildman–Crippen MR) is 89.4 cm³/mol. The molecular formula is C18H18N4O3. The van der Waals surface area contributed by atoms with Crippen LogP contribution in [-0.2, 0) is 9.53 Å². The number of esters is 1. The fourth-order valence-electron chi connectivity index (χ4n) is 3.39. The molecule has 0 N–H and O–H groups in total. The van der Waals surface area contributed by atoms with Gasteiger partial charge in [-0.3, -0.25) is 0 Å². The van der Waals surface area contributed by atoms with Gasteiger partial charge in [0.2, 0.25) is 0 Å². The first-order valence-corrected chi connectivity index (χ1v) is 8.09. The van der Waals surface area contributed by atoms with Crippen molar-refractivity contribution < 1.29 is 14.1 Å². The Kier molecular flexibility index (Phi) is 3.45. The Bertz CT molecular complexity index is 930. The molecule has 25 heavy (non-hydrogen) atoms. The average Bonchev–Trinajstić information content (AvgIpc) is 3.10. The Morgan fingerprint density at radius 1 is 1.32 bits per heavy atom. The van der Waals surface area contributed by atoms with Crippen molar-refractivity contribution >= 4 is 5.97 Å². The van der Waals surface area contributed by atoms with Crippen molar-refractivity contribution in [1.29, 1.82) is 0 Å². The molecule has 2 aromatic heterocycles. The van der Waals surface area contributed by atoms with Gasteiger partial charge in [0, 0.05) is 5.57 Å². The zero-order valence-corrected chi connectivity index (χ0v) is 14.3. The van der Waals surface area contributed by atoms with E-state index in [2.05, 4.69) is 15.1 Å². The lowest BCUT2D eigenvalue weighted by Crippen LogP contribution is -2.44. The molecule has 0 saturated heterocycles. The minimum Gasteiger partial charge on any atom is -0.454 e. The molecule has 2 aliphatic rings. The van der Waals surface area contributed by atoms with E-state index in [0.717, 1.165) is 5.57 Å². The van der Waals surface area contributed by atoms with Crippen LogP contribution in [0.2, 0.25) is 0 Å². The Balaban J connectivity index is 1.90. The summed E-state index contributed by atoms with van der Waals surface area (Å²) in [7, 11) is 0. The number of hydrogen-bond acceptors (Lipinski definition) is 6. The van der Waals surface area contributed by atoms with Crippen molar-refractivity contribution in [2.45, 2.75) is 38.8 Å². The molecule has 0 saturated carbocycles. The number of nitrogens with zero attached hydrogens (tertiary/aromatic N) is 4. The number of hydrogen-bond donors (Lipinski definition) is 0. The van der Waals surface area contributed by atoms with E-state index >= 15 is 0 Å². The number of imidazole rings is 1. The van der Waals surface area contributed by atoms with E-state index in [1.165, 1.54) is 0 Å². The largest absolute Gasteiger partial charge is 0.454 e. The second kappa shape index (κ2) is 5.54. The van der Waals surface area contributed by atoms with Crippen LogP contribution in [0.15, 0.2) is 52.5 Å². The third-order valence-corrected chi connectivity index (χ3v) is 4.44. The van der Waals surface area contributed by atoms with Crippen LogP contribution in [-0.4, -0.2) is 31.3 Å². The lowest BCUT2D eigenvalue weighted by Gasteiger charge is -2.40. The molecule has 0 amide bonds. The highest BCUT2D eigenvalue weighted by molar-refractivity contribution is 5.92. The van der Waals surface area contributed by atoms with Gasteiger partial charge < -0.3 is 13.8 Å². The van der Waals surface area contributed by atoms with E-state index in [9.17, 15) is 4.79 Å². The van der Waals surface area contributed by atoms with E-state index in [0.29, 0.717) is 29.4 Å². The highest BCUT2D eigenvalue weighted by atomic mass is 16.6. The zero-order chi connectivity index (χ0) is 17.6. The Hall–Kier alpha value is -2.96. The summed E-state index contributed by atoms with van der Waals surface area (Å²) in [6.45, 7) is 5.56. The van der Waals surface area contributed by atoms with Crippen LogP contribution in [0.5, 0.6) is 0 Å². The number of allylic oxidation sites excluding steroid dienone is 4. The predicted octanol–water partition coefficient (Wildman–Crippen LogP) is 2.93. The lowest BCUT2D eigenvalue weighted by molar-refractivity contribution is -0.157. The van der Waals surface area contributed by atoms with E-state index in [4.69, 9.17) is 9.26 Å². The molecule has 1 atom stereocenters. The molecule has 128 valence electrons. The fraction of sp³-hybridized carbons (Fsp3) is 0.333. The monoisotopic (exact) mass is 338 g/mol. The lowest BCUT2D eigenvalue weighted by atomic mass is 9.84. The van der Waals surface area contributed by atoms with Crippen LogP contribution < -0.4 is 0 Å². The van der Waals surface area contributed by atoms with Crippen molar-refractivity contribution in [1.82, 2.24) is 19.7 Å². The molecule has 7 nitrogen and oxygen atoms in total. The summed E-state index contributed by atoms with van der Waals surface area (Å²) in [4.78, 5) is 21.0. The molecular weight excluding hydrogens is 320 g/mol. The average molecular weight is 338 g/mol. The normalized spacial score (nSPS) is 21.9. The molecule has 0 bridgehead atoms. The maximum Gasteiger partial charge on any atom is 0.335 e. The van der Waals surface area contributed by atoms with Gasteiger partial charge in [0.1, 0.15) is 17.3 Å². The van der Waals surface area contributed by atoms with Crippen LogP contribution in [0, 0.1) is 6.92 Å². The molecule has 0 radical (unpaired) electrons. The van der Waals surface area contributed by atoms with Gasteiger partial charge in [-0.2, -0.15) is 4.98 Å². The van der Waals surface area contributed by atoms with Crippen LogP contribution in [0.4, 0.5) is 0 Å². The highest BCUT2D eigenvalue weighted by Crippen LogP contribution is 2.43. The Morgan fingerprint density at radius 2 is 2.16 bits per heavy atom. The van der Waals surface area contributed by atoms with Gasteiger partial charge >= 0.3 is 5.97 Å². The maximum absolute atomic E-state index is 12.5. The maximum atomic E-state index is 12.5. The van der Waals surface area contributed by atoms with E-state index in [1.54, 1.807) is 19.4 Å². The quantitative estimate of drug-likeness (QED) is 0.783. The van der Waals surface area contributed by atoms with Gasteiger partial charge in [0.05, 0.1) is 12.5 Å². The number of rotatable bonds is 2. The third kappa shape index (κ3) is 2.52.